The fourth-order valence-corrected chi connectivity index (χ4v) is 1.27. The molecule has 0 saturated carbocycles. The molecule has 3 heteroatoms. The van der Waals surface area contributed by atoms with Gasteiger partial charge >= 0.3 is 0 Å². The van der Waals surface area contributed by atoms with Crippen LogP contribution in [0.1, 0.15) is 23.6 Å². The van der Waals surface area contributed by atoms with E-state index in [-0.39, 0.29) is 18.4 Å². The first kappa shape index (κ1) is 10.0. The zero-order valence-electron chi connectivity index (χ0n) is 7.70. The van der Waals surface area contributed by atoms with Crippen molar-refractivity contribution in [3.05, 3.63) is 29.3 Å². The Hall–Kier alpha value is -1.06. The van der Waals surface area contributed by atoms with E-state index in [1.807, 2.05) is 19.1 Å². The van der Waals surface area contributed by atoms with E-state index in [4.69, 9.17) is 10.8 Å². The van der Waals surface area contributed by atoms with E-state index in [0.717, 1.165) is 5.56 Å². The van der Waals surface area contributed by atoms with Crippen LogP contribution in [0.5, 0.6) is 5.75 Å². The van der Waals surface area contributed by atoms with Gasteiger partial charge in [0.1, 0.15) is 5.75 Å². The highest BCUT2D eigenvalue weighted by Gasteiger charge is 2.09. The molecule has 0 aromatic heterocycles. The second kappa shape index (κ2) is 4.25. The lowest BCUT2D eigenvalue weighted by atomic mass is 10.0. The molecule has 0 heterocycles. The number of aliphatic hydroxyl groups is 1. The maximum absolute atomic E-state index is 9.47. The highest BCUT2D eigenvalue weighted by molar-refractivity contribution is 5.37. The van der Waals surface area contributed by atoms with Crippen molar-refractivity contribution >= 4 is 0 Å². The smallest absolute Gasteiger partial charge is 0.120 e. The molecule has 13 heavy (non-hydrogen) atoms. The van der Waals surface area contributed by atoms with Gasteiger partial charge < -0.3 is 15.9 Å². The normalized spacial score (nSPS) is 12.8. The molecular formula is C10H15NO2. The molecule has 1 rings (SSSR count). The van der Waals surface area contributed by atoms with Crippen molar-refractivity contribution in [3.8, 4) is 5.75 Å². The van der Waals surface area contributed by atoms with Crippen LogP contribution in [0.3, 0.4) is 0 Å². The zero-order valence-corrected chi connectivity index (χ0v) is 7.70. The minimum atomic E-state index is -0.287. The van der Waals surface area contributed by atoms with Crippen LogP contribution in [0, 0.1) is 6.92 Å². The monoisotopic (exact) mass is 181 g/mol. The first-order valence-electron chi connectivity index (χ1n) is 4.31. The average molecular weight is 181 g/mol. The SMILES string of the molecule is Cc1ccc(O)c([C@H](N)CCO)c1. The molecule has 0 amide bonds. The minimum Gasteiger partial charge on any atom is -0.508 e. The van der Waals surface area contributed by atoms with Crippen LogP contribution < -0.4 is 5.73 Å². The average Bonchev–Trinajstić information content (AvgIpc) is 2.09. The third-order valence-corrected chi connectivity index (χ3v) is 2.02. The Labute approximate surface area is 77.8 Å². The maximum Gasteiger partial charge on any atom is 0.120 e. The van der Waals surface area contributed by atoms with Crippen molar-refractivity contribution in [2.75, 3.05) is 6.61 Å². The molecule has 0 bridgehead atoms. The van der Waals surface area contributed by atoms with E-state index in [1.54, 1.807) is 6.07 Å². The van der Waals surface area contributed by atoms with Crippen LogP contribution >= 0.6 is 0 Å². The van der Waals surface area contributed by atoms with E-state index in [0.29, 0.717) is 12.0 Å². The molecule has 0 radical (unpaired) electrons. The standard InChI is InChI=1S/C10H15NO2/c1-7-2-3-10(13)8(6-7)9(11)4-5-12/h2-3,6,9,12-13H,4-5,11H2,1H3/t9-/m1/s1. The minimum absolute atomic E-state index is 0.0363. The molecule has 0 unspecified atom stereocenters. The molecule has 0 saturated heterocycles. The second-order valence-corrected chi connectivity index (χ2v) is 3.18. The van der Waals surface area contributed by atoms with Gasteiger partial charge in [-0.1, -0.05) is 17.7 Å². The van der Waals surface area contributed by atoms with Crippen LogP contribution in [0.2, 0.25) is 0 Å². The second-order valence-electron chi connectivity index (χ2n) is 3.18. The maximum atomic E-state index is 9.47. The van der Waals surface area contributed by atoms with Gasteiger partial charge in [-0.15, -0.1) is 0 Å². The highest BCUT2D eigenvalue weighted by Crippen LogP contribution is 2.25. The summed E-state index contributed by atoms with van der Waals surface area (Å²) >= 11 is 0. The number of phenolic OH excluding ortho intramolecular Hbond substituents is 1. The number of nitrogens with two attached hydrogens (primary N) is 1. The molecule has 3 nitrogen and oxygen atoms in total. The Kier molecular flexibility index (Phi) is 3.28. The molecule has 0 aliphatic rings. The lowest BCUT2D eigenvalue weighted by Crippen LogP contribution is -2.12. The molecule has 1 aromatic carbocycles. The van der Waals surface area contributed by atoms with Crippen LogP contribution in [-0.2, 0) is 0 Å². The van der Waals surface area contributed by atoms with Gasteiger partial charge in [0, 0.05) is 18.2 Å². The zero-order chi connectivity index (χ0) is 9.84. The van der Waals surface area contributed by atoms with E-state index in [1.165, 1.54) is 0 Å². The fraction of sp³-hybridized carbons (Fsp3) is 0.400. The van der Waals surface area contributed by atoms with Crippen molar-refractivity contribution in [1.29, 1.82) is 0 Å². The number of benzene rings is 1. The highest BCUT2D eigenvalue weighted by atomic mass is 16.3. The van der Waals surface area contributed by atoms with Gasteiger partial charge in [0.25, 0.3) is 0 Å². The summed E-state index contributed by atoms with van der Waals surface area (Å²) in [7, 11) is 0. The lowest BCUT2D eigenvalue weighted by Gasteiger charge is -2.12. The quantitative estimate of drug-likeness (QED) is 0.653. The predicted octanol–water partition coefficient (Wildman–Crippen LogP) is 1.08. The molecule has 1 aromatic rings. The van der Waals surface area contributed by atoms with Crippen molar-refractivity contribution in [2.45, 2.75) is 19.4 Å². The third kappa shape index (κ3) is 2.44. The Morgan fingerprint density at radius 1 is 1.46 bits per heavy atom. The van der Waals surface area contributed by atoms with Crippen molar-refractivity contribution in [3.63, 3.8) is 0 Å². The van der Waals surface area contributed by atoms with Crippen molar-refractivity contribution in [1.82, 2.24) is 0 Å². The molecule has 0 aliphatic heterocycles. The van der Waals surface area contributed by atoms with Gasteiger partial charge in [0.05, 0.1) is 0 Å². The predicted molar refractivity (Wildman–Crippen MR) is 51.5 cm³/mol. The Balaban J connectivity index is 2.91. The lowest BCUT2D eigenvalue weighted by molar-refractivity contribution is 0.275. The summed E-state index contributed by atoms with van der Waals surface area (Å²) in [6, 6.07) is 5.01. The number of aliphatic hydroxyl groups excluding tert-OH is 1. The molecule has 0 spiro atoms. The topological polar surface area (TPSA) is 66.5 Å². The summed E-state index contributed by atoms with van der Waals surface area (Å²) in [5.41, 5.74) is 7.51. The van der Waals surface area contributed by atoms with Gasteiger partial charge in [-0.3, -0.25) is 0 Å². The number of phenols is 1. The van der Waals surface area contributed by atoms with Crippen LogP contribution in [-0.4, -0.2) is 16.8 Å². The Morgan fingerprint density at radius 3 is 2.77 bits per heavy atom. The van der Waals surface area contributed by atoms with E-state index >= 15 is 0 Å². The van der Waals surface area contributed by atoms with Crippen LogP contribution in [0.25, 0.3) is 0 Å². The summed E-state index contributed by atoms with van der Waals surface area (Å²) in [6.07, 6.45) is 0.469. The molecule has 1 atom stereocenters. The largest absolute Gasteiger partial charge is 0.508 e. The van der Waals surface area contributed by atoms with Gasteiger partial charge in [-0.25, -0.2) is 0 Å². The molecule has 4 N–H and O–H groups in total. The third-order valence-electron chi connectivity index (χ3n) is 2.02. The fourth-order valence-electron chi connectivity index (χ4n) is 1.27. The summed E-state index contributed by atoms with van der Waals surface area (Å²) in [6.45, 7) is 1.98. The summed E-state index contributed by atoms with van der Waals surface area (Å²) < 4.78 is 0. The number of rotatable bonds is 3. The van der Waals surface area contributed by atoms with Crippen molar-refractivity contribution in [2.24, 2.45) is 5.73 Å². The van der Waals surface area contributed by atoms with Crippen molar-refractivity contribution < 1.29 is 10.2 Å². The van der Waals surface area contributed by atoms with E-state index < -0.39 is 0 Å². The number of aryl methyl sites for hydroxylation is 1. The molecule has 72 valence electrons. The van der Waals surface area contributed by atoms with E-state index in [2.05, 4.69) is 0 Å². The molecule has 0 aliphatic carbocycles. The molecular weight excluding hydrogens is 166 g/mol. The number of hydrogen-bond acceptors (Lipinski definition) is 3. The Bertz CT molecular complexity index is 286. The Morgan fingerprint density at radius 2 is 2.15 bits per heavy atom. The first-order chi connectivity index (χ1) is 6.15. The van der Waals surface area contributed by atoms with Gasteiger partial charge in [-0.2, -0.15) is 0 Å². The van der Waals surface area contributed by atoms with Crippen LogP contribution in [0.15, 0.2) is 18.2 Å². The van der Waals surface area contributed by atoms with Crippen LogP contribution in [0.4, 0.5) is 0 Å². The van der Waals surface area contributed by atoms with Gasteiger partial charge in [0.15, 0.2) is 0 Å². The van der Waals surface area contributed by atoms with E-state index in [9.17, 15) is 5.11 Å². The first-order valence-corrected chi connectivity index (χ1v) is 4.31. The summed E-state index contributed by atoms with van der Waals surface area (Å²) in [5.74, 6) is 0.201. The summed E-state index contributed by atoms with van der Waals surface area (Å²) in [5, 5.41) is 18.2. The van der Waals surface area contributed by atoms with Gasteiger partial charge in [0.2, 0.25) is 0 Å². The number of aromatic hydroxyl groups is 1. The van der Waals surface area contributed by atoms with Gasteiger partial charge in [-0.05, 0) is 19.4 Å². The number of hydrogen-bond donors (Lipinski definition) is 3. The molecule has 0 fully saturated rings. The summed E-state index contributed by atoms with van der Waals surface area (Å²) in [4.78, 5) is 0.